The van der Waals surface area contributed by atoms with Crippen LogP contribution in [0.5, 0.6) is 0 Å². The summed E-state index contributed by atoms with van der Waals surface area (Å²) in [6, 6.07) is 14.5. The average molecular weight is 377 g/mol. The Bertz CT molecular complexity index is 913. The first-order valence-corrected chi connectivity index (χ1v) is 10.4. The van der Waals surface area contributed by atoms with Crippen LogP contribution in [0.4, 0.5) is 0 Å². The molecular formula is C23H28N4O. The molecule has 1 N–H and O–H groups in total. The lowest BCUT2D eigenvalue weighted by Crippen LogP contribution is -2.22. The lowest BCUT2D eigenvalue weighted by Gasteiger charge is -2.25. The van der Waals surface area contributed by atoms with Crippen LogP contribution < -0.4 is 5.32 Å². The Hall–Kier alpha value is -2.69. The van der Waals surface area contributed by atoms with E-state index in [0.29, 0.717) is 19.0 Å². The number of carbonyl (C=O) groups excluding carboxylic acids is 1. The van der Waals surface area contributed by atoms with Gasteiger partial charge in [-0.2, -0.15) is 0 Å². The molecule has 0 radical (unpaired) electrons. The Kier molecular flexibility index (Phi) is 6.00. The number of nitrogens with one attached hydrogen (secondary N) is 1. The van der Waals surface area contributed by atoms with Crippen molar-refractivity contribution in [1.82, 2.24) is 19.9 Å². The number of hydrogen-bond acceptors (Lipinski definition) is 3. The number of pyridine rings is 1. The van der Waals surface area contributed by atoms with E-state index in [1.807, 2.05) is 48.7 Å². The minimum absolute atomic E-state index is 0.0994. The number of fused-ring (bicyclic) bond motifs is 1. The van der Waals surface area contributed by atoms with Gasteiger partial charge in [0.1, 0.15) is 11.3 Å². The number of aromatic nitrogens is 3. The number of benzene rings is 1. The van der Waals surface area contributed by atoms with E-state index in [4.69, 9.17) is 4.98 Å². The number of amides is 1. The Morgan fingerprint density at radius 3 is 2.71 bits per heavy atom. The van der Waals surface area contributed by atoms with E-state index >= 15 is 0 Å². The van der Waals surface area contributed by atoms with Gasteiger partial charge >= 0.3 is 0 Å². The zero-order valence-electron chi connectivity index (χ0n) is 16.3. The molecule has 3 aromatic rings. The van der Waals surface area contributed by atoms with Crippen LogP contribution in [0.15, 0.2) is 48.7 Å². The van der Waals surface area contributed by atoms with Crippen LogP contribution in [0.3, 0.4) is 0 Å². The molecule has 1 aliphatic rings. The van der Waals surface area contributed by atoms with Gasteiger partial charge in [-0.05, 0) is 37.0 Å². The van der Waals surface area contributed by atoms with Gasteiger partial charge in [0, 0.05) is 31.6 Å². The van der Waals surface area contributed by atoms with Gasteiger partial charge in [0.15, 0.2) is 5.65 Å². The second kappa shape index (κ2) is 9.00. The molecule has 1 amide bonds. The van der Waals surface area contributed by atoms with Gasteiger partial charge in [0.2, 0.25) is 5.91 Å². The molecule has 2 heterocycles. The molecule has 5 heteroatoms. The number of rotatable bonds is 7. The Morgan fingerprint density at radius 2 is 1.89 bits per heavy atom. The highest BCUT2D eigenvalue weighted by molar-refractivity contribution is 5.76. The monoisotopic (exact) mass is 376 g/mol. The molecule has 1 aliphatic carbocycles. The van der Waals surface area contributed by atoms with Gasteiger partial charge in [-0.3, -0.25) is 4.79 Å². The topological polar surface area (TPSA) is 59.8 Å². The molecule has 1 saturated carbocycles. The van der Waals surface area contributed by atoms with E-state index in [0.717, 1.165) is 35.4 Å². The zero-order chi connectivity index (χ0) is 19.2. The summed E-state index contributed by atoms with van der Waals surface area (Å²) in [4.78, 5) is 21.7. The first-order chi connectivity index (χ1) is 13.8. The third-order valence-electron chi connectivity index (χ3n) is 5.60. The van der Waals surface area contributed by atoms with Crippen LogP contribution in [0.2, 0.25) is 0 Å². The number of hydrogen-bond donors (Lipinski definition) is 1. The molecule has 28 heavy (non-hydrogen) atoms. The first-order valence-electron chi connectivity index (χ1n) is 10.4. The molecule has 0 aliphatic heterocycles. The highest BCUT2D eigenvalue weighted by Crippen LogP contribution is 2.32. The lowest BCUT2D eigenvalue weighted by molar-refractivity contribution is -0.121. The predicted octanol–water partition coefficient (Wildman–Crippen LogP) is 4.58. The minimum atomic E-state index is 0.0994. The summed E-state index contributed by atoms with van der Waals surface area (Å²) in [5.41, 5.74) is 3.09. The van der Waals surface area contributed by atoms with Crippen molar-refractivity contribution in [3.63, 3.8) is 0 Å². The smallest absolute Gasteiger partial charge is 0.220 e. The molecule has 0 saturated heterocycles. The summed E-state index contributed by atoms with van der Waals surface area (Å²) in [5.74, 6) is 1.18. The second-order valence-corrected chi connectivity index (χ2v) is 7.65. The fourth-order valence-electron chi connectivity index (χ4n) is 4.17. The van der Waals surface area contributed by atoms with E-state index in [1.54, 1.807) is 0 Å². The van der Waals surface area contributed by atoms with Crippen LogP contribution in [0.25, 0.3) is 11.2 Å². The highest BCUT2D eigenvalue weighted by atomic mass is 16.1. The van der Waals surface area contributed by atoms with Gasteiger partial charge in [0.25, 0.3) is 0 Å². The molecule has 0 bridgehead atoms. The van der Waals surface area contributed by atoms with Gasteiger partial charge in [0.05, 0.1) is 0 Å². The number of carbonyl (C=O) groups is 1. The third-order valence-corrected chi connectivity index (χ3v) is 5.60. The molecular weight excluding hydrogens is 348 g/mol. The standard InChI is InChI=1S/C23H28N4O/c28-22(25-17-18-9-3-1-4-10-18)15-7-14-21-26-20-13-8-16-24-23(20)27(21)19-11-5-2-6-12-19/h1,3-4,8-10,13,16,19H,2,5-7,11-12,14-15,17H2,(H,25,28). The second-order valence-electron chi connectivity index (χ2n) is 7.65. The molecule has 0 unspecified atom stereocenters. The SMILES string of the molecule is O=C(CCCc1nc2cccnc2n1C1CCCCC1)NCc1ccccc1. The van der Waals surface area contributed by atoms with Crippen LogP contribution in [0, 0.1) is 0 Å². The van der Waals surface area contributed by atoms with Crippen molar-refractivity contribution in [3.8, 4) is 0 Å². The first kappa shape index (κ1) is 18.7. The molecule has 2 aromatic heterocycles. The number of imidazole rings is 1. The Balaban J connectivity index is 1.38. The van der Waals surface area contributed by atoms with Gasteiger partial charge in [-0.15, -0.1) is 0 Å². The summed E-state index contributed by atoms with van der Waals surface area (Å²) >= 11 is 0. The summed E-state index contributed by atoms with van der Waals surface area (Å²) in [6.07, 6.45) is 10.3. The Morgan fingerprint density at radius 1 is 1.07 bits per heavy atom. The van der Waals surface area contributed by atoms with Crippen LogP contribution >= 0.6 is 0 Å². The number of aryl methyl sites for hydroxylation is 1. The van der Waals surface area contributed by atoms with Crippen molar-refractivity contribution in [2.75, 3.05) is 0 Å². The van der Waals surface area contributed by atoms with E-state index in [2.05, 4.69) is 14.9 Å². The highest BCUT2D eigenvalue weighted by Gasteiger charge is 2.21. The summed E-state index contributed by atoms with van der Waals surface area (Å²) in [6.45, 7) is 0.587. The molecule has 0 spiro atoms. The fraction of sp³-hybridized carbons (Fsp3) is 0.435. The Labute approximate surface area is 166 Å². The molecule has 146 valence electrons. The van der Waals surface area contributed by atoms with Crippen LogP contribution in [0.1, 0.15) is 62.4 Å². The van der Waals surface area contributed by atoms with Crippen molar-refractivity contribution < 1.29 is 4.79 Å². The lowest BCUT2D eigenvalue weighted by atomic mass is 9.95. The fourth-order valence-corrected chi connectivity index (χ4v) is 4.17. The maximum absolute atomic E-state index is 12.2. The van der Waals surface area contributed by atoms with Crippen molar-refractivity contribution in [3.05, 3.63) is 60.0 Å². The molecule has 1 fully saturated rings. The summed E-state index contributed by atoms with van der Waals surface area (Å²) in [5, 5.41) is 3.01. The largest absolute Gasteiger partial charge is 0.352 e. The maximum atomic E-state index is 12.2. The van der Waals surface area contributed by atoms with Gasteiger partial charge in [-0.1, -0.05) is 49.6 Å². The number of nitrogens with zero attached hydrogens (tertiary/aromatic N) is 3. The zero-order valence-corrected chi connectivity index (χ0v) is 16.3. The van der Waals surface area contributed by atoms with E-state index in [-0.39, 0.29) is 5.91 Å². The normalized spacial score (nSPS) is 15.0. The van der Waals surface area contributed by atoms with Crippen molar-refractivity contribution in [2.24, 2.45) is 0 Å². The predicted molar refractivity (Wildman–Crippen MR) is 111 cm³/mol. The summed E-state index contributed by atoms with van der Waals surface area (Å²) < 4.78 is 2.36. The van der Waals surface area contributed by atoms with E-state index < -0.39 is 0 Å². The van der Waals surface area contributed by atoms with Crippen LogP contribution in [-0.2, 0) is 17.8 Å². The average Bonchev–Trinajstić information content (AvgIpc) is 3.12. The maximum Gasteiger partial charge on any atom is 0.220 e. The summed E-state index contributed by atoms with van der Waals surface area (Å²) in [7, 11) is 0. The minimum Gasteiger partial charge on any atom is -0.352 e. The van der Waals surface area contributed by atoms with Crippen molar-refractivity contribution in [1.29, 1.82) is 0 Å². The molecule has 0 atom stereocenters. The quantitative estimate of drug-likeness (QED) is 0.657. The van der Waals surface area contributed by atoms with Gasteiger partial charge in [-0.25, -0.2) is 9.97 Å². The van der Waals surface area contributed by atoms with Gasteiger partial charge < -0.3 is 9.88 Å². The third kappa shape index (κ3) is 4.41. The molecule has 5 nitrogen and oxygen atoms in total. The van der Waals surface area contributed by atoms with Crippen molar-refractivity contribution >= 4 is 17.1 Å². The van der Waals surface area contributed by atoms with Crippen molar-refractivity contribution in [2.45, 2.75) is 64.0 Å². The van der Waals surface area contributed by atoms with Crippen LogP contribution in [-0.4, -0.2) is 20.4 Å². The molecule has 4 rings (SSSR count). The van der Waals surface area contributed by atoms with E-state index in [1.165, 1.54) is 32.1 Å². The van der Waals surface area contributed by atoms with E-state index in [9.17, 15) is 4.79 Å². The molecule has 1 aromatic carbocycles.